The third-order valence-corrected chi connectivity index (χ3v) is 9.62. The molecule has 142 valence electrons. The van der Waals surface area contributed by atoms with E-state index in [-0.39, 0.29) is 22.4 Å². The van der Waals surface area contributed by atoms with Crippen molar-refractivity contribution < 1.29 is 19.1 Å². The van der Waals surface area contributed by atoms with E-state index < -0.39 is 11.9 Å². The first-order valence-corrected chi connectivity index (χ1v) is 12.4. The summed E-state index contributed by atoms with van der Waals surface area (Å²) in [5.74, 6) is -0.814. The first kappa shape index (κ1) is 20.7. The van der Waals surface area contributed by atoms with E-state index in [0.717, 1.165) is 9.81 Å². The van der Waals surface area contributed by atoms with Gasteiger partial charge >= 0.3 is 11.9 Å². The molecule has 0 amide bonds. The van der Waals surface area contributed by atoms with E-state index in [1.807, 2.05) is 0 Å². The summed E-state index contributed by atoms with van der Waals surface area (Å²) in [5.41, 5.74) is 2.58. The second kappa shape index (κ2) is 9.97. The van der Waals surface area contributed by atoms with E-state index in [1.165, 1.54) is 23.3 Å². The summed E-state index contributed by atoms with van der Waals surface area (Å²) in [5, 5.41) is 8.48. The second-order valence-electron chi connectivity index (χ2n) is 5.25. The Labute approximate surface area is 178 Å². The minimum atomic E-state index is -0.407. The van der Waals surface area contributed by atoms with Crippen LogP contribution in [0.1, 0.15) is 20.3 Å². The summed E-state index contributed by atoms with van der Waals surface area (Å²) in [6.07, 6.45) is 2.35. The molecule has 27 heavy (non-hydrogen) atoms. The van der Waals surface area contributed by atoms with E-state index in [9.17, 15) is 9.59 Å². The molecule has 2 aliphatic rings. The number of esters is 2. The summed E-state index contributed by atoms with van der Waals surface area (Å²) in [6.45, 7) is 7.38. The molecule has 0 N–H and O–H groups in total. The molecule has 1 aromatic rings. The molecule has 3 rings (SSSR count). The van der Waals surface area contributed by atoms with Crippen LogP contribution in [0.4, 0.5) is 0 Å². The van der Waals surface area contributed by atoms with Crippen molar-refractivity contribution in [2.45, 2.75) is 9.16 Å². The van der Waals surface area contributed by atoms with Gasteiger partial charge in [0.15, 0.2) is 0 Å². The summed E-state index contributed by atoms with van der Waals surface area (Å²) in [7, 11) is 0. The molecule has 2 atom stereocenters. The normalized spacial score (nSPS) is 21.3. The average Bonchev–Trinajstić information content (AvgIpc) is 3.43. The zero-order valence-electron chi connectivity index (χ0n) is 14.1. The van der Waals surface area contributed by atoms with Crippen molar-refractivity contribution in [3.8, 4) is 0 Å². The van der Waals surface area contributed by atoms with Crippen LogP contribution in [0.15, 0.2) is 56.7 Å². The molecule has 9 heteroatoms. The lowest BCUT2D eigenvalue weighted by Gasteiger charge is -2.15. The molecule has 0 spiro atoms. The maximum Gasteiger partial charge on any atom is 0.330 e. The Kier molecular flexibility index (Phi) is 7.66. The third-order valence-electron chi connectivity index (χ3n) is 3.44. The maximum absolute atomic E-state index is 11.2. The largest absolute Gasteiger partial charge is 0.457 e. The van der Waals surface area contributed by atoms with Gasteiger partial charge in [-0.25, -0.2) is 9.59 Å². The molecule has 0 aromatic carbocycles. The van der Waals surface area contributed by atoms with Crippen LogP contribution >= 0.6 is 58.4 Å². The highest BCUT2D eigenvalue weighted by Crippen LogP contribution is 2.58. The van der Waals surface area contributed by atoms with Gasteiger partial charge < -0.3 is 9.47 Å². The summed E-state index contributed by atoms with van der Waals surface area (Å²) < 4.78 is 10.8. The summed E-state index contributed by atoms with van der Waals surface area (Å²) in [4.78, 5) is 24.5. The van der Waals surface area contributed by atoms with Crippen LogP contribution in [-0.4, -0.2) is 25.2 Å². The molecule has 0 saturated heterocycles. The predicted octanol–water partition coefficient (Wildman–Crippen LogP) is 5.85. The van der Waals surface area contributed by atoms with Crippen molar-refractivity contribution in [1.29, 1.82) is 0 Å². The SMILES string of the molecule is C=CC(=O)OCC1=CSC(c2cscc2C2SC=C(COC(=O)C=C)S2)S1. The van der Waals surface area contributed by atoms with Crippen molar-refractivity contribution in [3.63, 3.8) is 0 Å². The smallest absolute Gasteiger partial charge is 0.330 e. The second-order valence-corrected chi connectivity index (χ2v) is 11.0. The lowest BCUT2D eigenvalue weighted by atomic mass is 10.2. The number of thiophene rings is 1. The Morgan fingerprint density at radius 2 is 1.33 bits per heavy atom. The van der Waals surface area contributed by atoms with E-state index in [0.29, 0.717) is 0 Å². The number of carbonyl (C=O) groups excluding carboxylic acids is 2. The highest BCUT2D eigenvalue weighted by atomic mass is 32.2. The van der Waals surface area contributed by atoms with Gasteiger partial charge in [0.1, 0.15) is 13.2 Å². The van der Waals surface area contributed by atoms with E-state index in [1.54, 1.807) is 58.4 Å². The Balaban J connectivity index is 1.55. The summed E-state index contributed by atoms with van der Waals surface area (Å²) >= 11 is 8.59. The minimum Gasteiger partial charge on any atom is -0.457 e. The maximum atomic E-state index is 11.2. The van der Waals surface area contributed by atoms with Gasteiger partial charge in [-0.05, 0) is 32.7 Å². The highest BCUT2D eigenvalue weighted by Gasteiger charge is 2.29. The average molecular weight is 457 g/mol. The lowest BCUT2D eigenvalue weighted by Crippen LogP contribution is -2.02. The molecule has 2 unspecified atom stereocenters. The third kappa shape index (κ3) is 5.51. The van der Waals surface area contributed by atoms with Crippen LogP contribution in [0.25, 0.3) is 0 Å². The summed E-state index contributed by atoms with van der Waals surface area (Å²) in [6, 6.07) is 0. The quantitative estimate of drug-likeness (QED) is 0.357. The van der Waals surface area contributed by atoms with Crippen LogP contribution in [0.5, 0.6) is 0 Å². The fourth-order valence-corrected chi connectivity index (χ4v) is 8.58. The zero-order chi connectivity index (χ0) is 19.2. The molecule has 2 aliphatic heterocycles. The van der Waals surface area contributed by atoms with Crippen LogP contribution < -0.4 is 0 Å². The van der Waals surface area contributed by atoms with Crippen LogP contribution in [0.2, 0.25) is 0 Å². The predicted molar refractivity (Wildman–Crippen MR) is 119 cm³/mol. The van der Waals surface area contributed by atoms with Crippen LogP contribution in [-0.2, 0) is 19.1 Å². The van der Waals surface area contributed by atoms with Gasteiger partial charge in [-0.15, -0.1) is 47.0 Å². The number of hydrogen-bond donors (Lipinski definition) is 0. The lowest BCUT2D eigenvalue weighted by molar-refractivity contribution is -0.137. The molecule has 0 bridgehead atoms. The van der Waals surface area contributed by atoms with Crippen LogP contribution in [0.3, 0.4) is 0 Å². The molecular weight excluding hydrogens is 441 g/mol. The van der Waals surface area contributed by atoms with Crippen LogP contribution in [0, 0.1) is 0 Å². The number of rotatable bonds is 8. The van der Waals surface area contributed by atoms with Gasteiger partial charge in [0.2, 0.25) is 0 Å². The van der Waals surface area contributed by atoms with Crippen molar-refractivity contribution in [1.82, 2.24) is 0 Å². The van der Waals surface area contributed by atoms with E-state index >= 15 is 0 Å². The molecule has 0 fully saturated rings. The first-order chi connectivity index (χ1) is 13.1. The van der Waals surface area contributed by atoms with Gasteiger partial charge in [-0.2, -0.15) is 11.3 Å². The van der Waals surface area contributed by atoms with E-state index in [4.69, 9.17) is 9.47 Å². The Morgan fingerprint density at radius 3 is 1.74 bits per heavy atom. The molecule has 1 aromatic heterocycles. The minimum absolute atomic E-state index is 0.257. The monoisotopic (exact) mass is 456 g/mol. The first-order valence-electron chi connectivity index (χ1n) is 7.77. The van der Waals surface area contributed by atoms with Gasteiger partial charge in [0.05, 0.1) is 9.16 Å². The van der Waals surface area contributed by atoms with Crippen molar-refractivity contribution in [2.75, 3.05) is 13.2 Å². The van der Waals surface area contributed by atoms with Crippen molar-refractivity contribution in [3.05, 3.63) is 67.8 Å². The standard InChI is InChI=1S/C18H16O4S5/c1-3-15(19)21-5-11-7-24-17(26-11)13-9-23-10-14(13)18-25-8-12(27-18)6-22-16(20)4-2/h3-4,7-10,17-18H,1-2,5-6H2. The number of carbonyl (C=O) groups is 2. The van der Waals surface area contributed by atoms with Gasteiger partial charge in [0.25, 0.3) is 0 Å². The molecule has 3 heterocycles. The molecular formula is C18H16O4S5. The molecule has 0 radical (unpaired) electrons. The Bertz CT molecular complexity index is 746. The number of thioether (sulfide) groups is 4. The number of hydrogen-bond acceptors (Lipinski definition) is 9. The highest BCUT2D eigenvalue weighted by molar-refractivity contribution is 8.23. The fourth-order valence-electron chi connectivity index (χ4n) is 2.17. The van der Waals surface area contributed by atoms with E-state index in [2.05, 4.69) is 34.7 Å². The molecule has 0 aliphatic carbocycles. The van der Waals surface area contributed by atoms with Gasteiger partial charge in [-0.3, -0.25) is 0 Å². The number of ether oxygens (including phenoxy) is 2. The Morgan fingerprint density at radius 1 is 0.889 bits per heavy atom. The molecule has 0 saturated carbocycles. The Hall–Kier alpha value is -1.00. The fraction of sp³-hybridized carbons (Fsp3) is 0.222. The van der Waals surface area contributed by atoms with Gasteiger partial charge in [0, 0.05) is 22.0 Å². The van der Waals surface area contributed by atoms with Gasteiger partial charge in [-0.1, -0.05) is 13.2 Å². The van der Waals surface area contributed by atoms with Crippen molar-refractivity contribution in [2.24, 2.45) is 0 Å². The molecule has 4 nitrogen and oxygen atoms in total. The van der Waals surface area contributed by atoms with Crippen molar-refractivity contribution >= 4 is 70.3 Å². The topological polar surface area (TPSA) is 52.6 Å². The zero-order valence-corrected chi connectivity index (χ0v) is 18.2.